The van der Waals surface area contributed by atoms with Gasteiger partial charge in [0.2, 0.25) is 18.3 Å². The van der Waals surface area contributed by atoms with E-state index in [0.717, 1.165) is 42.5 Å². The standard InChI is InChI=1S/C18H23N7O.C9H11NO/c26-17-13-25(11-8-19-17)15-5-4-14(12-21-15)22-18-20-7-6-16(23-18)24-9-2-1-3-10-24;1-8-2-4-9(5-3-8)6-10-7-11/h4-7,12H,1-3,8-11,13H2,(H,19,26)(H,20,22,23);2-5,7H,6H2,1H3,(H,10,11). The molecule has 0 bridgehead atoms. The van der Waals surface area contributed by atoms with E-state index >= 15 is 0 Å². The molecule has 2 fully saturated rings. The average molecular weight is 503 g/mol. The zero-order valence-electron chi connectivity index (χ0n) is 21.2. The van der Waals surface area contributed by atoms with Crippen LogP contribution in [-0.2, 0) is 16.1 Å². The number of benzene rings is 1. The third kappa shape index (κ3) is 7.89. The molecular formula is C27H34N8O2. The Kier molecular flexibility index (Phi) is 9.23. The molecule has 0 saturated carbocycles. The smallest absolute Gasteiger partial charge is 0.239 e. The number of aryl methyl sites for hydroxylation is 1. The maximum atomic E-state index is 11.5. The molecule has 1 aromatic carbocycles. The number of amides is 2. The second kappa shape index (κ2) is 13.2. The van der Waals surface area contributed by atoms with Crippen molar-refractivity contribution in [1.29, 1.82) is 0 Å². The molecule has 2 amide bonds. The van der Waals surface area contributed by atoms with Crippen LogP contribution in [0.25, 0.3) is 0 Å². The number of nitrogens with one attached hydrogen (secondary N) is 3. The number of carbonyl (C=O) groups excluding carboxylic acids is 2. The maximum absolute atomic E-state index is 11.5. The lowest BCUT2D eigenvalue weighted by Crippen LogP contribution is -2.48. The summed E-state index contributed by atoms with van der Waals surface area (Å²) in [5.74, 6) is 2.36. The van der Waals surface area contributed by atoms with Gasteiger partial charge in [-0.25, -0.2) is 9.97 Å². The van der Waals surface area contributed by atoms with Crippen LogP contribution in [0, 0.1) is 6.92 Å². The topological polar surface area (TPSA) is 115 Å². The fraction of sp³-hybridized carbons (Fsp3) is 0.370. The number of piperazine rings is 1. The van der Waals surface area contributed by atoms with Crippen LogP contribution in [0.15, 0.2) is 54.9 Å². The molecule has 0 unspecified atom stereocenters. The average Bonchev–Trinajstić information content (AvgIpc) is 2.94. The quantitative estimate of drug-likeness (QED) is 0.423. The van der Waals surface area contributed by atoms with Crippen LogP contribution in [0.3, 0.4) is 0 Å². The van der Waals surface area contributed by atoms with Gasteiger partial charge in [0, 0.05) is 38.9 Å². The molecule has 0 aliphatic carbocycles. The van der Waals surface area contributed by atoms with Crippen LogP contribution in [0.4, 0.5) is 23.3 Å². The third-order valence-corrected chi connectivity index (χ3v) is 6.20. The molecule has 194 valence electrons. The number of pyridine rings is 1. The van der Waals surface area contributed by atoms with Crippen LogP contribution < -0.4 is 25.8 Å². The van der Waals surface area contributed by atoms with Gasteiger partial charge >= 0.3 is 0 Å². The van der Waals surface area contributed by atoms with Crippen molar-refractivity contribution < 1.29 is 9.59 Å². The summed E-state index contributed by atoms with van der Waals surface area (Å²) in [7, 11) is 0. The maximum Gasteiger partial charge on any atom is 0.239 e. The molecule has 0 radical (unpaired) electrons. The van der Waals surface area contributed by atoms with Gasteiger partial charge in [-0.3, -0.25) is 9.59 Å². The van der Waals surface area contributed by atoms with Gasteiger partial charge in [0.1, 0.15) is 11.6 Å². The largest absolute Gasteiger partial charge is 0.356 e. The summed E-state index contributed by atoms with van der Waals surface area (Å²) in [6.45, 7) is 6.53. The molecule has 0 atom stereocenters. The fourth-order valence-electron chi connectivity index (χ4n) is 4.18. The summed E-state index contributed by atoms with van der Waals surface area (Å²) in [5.41, 5.74) is 3.19. The highest BCUT2D eigenvalue weighted by Gasteiger charge is 2.17. The van der Waals surface area contributed by atoms with Crippen molar-refractivity contribution >= 4 is 35.6 Å². The Morgan fingerprint density at radius 1 is 0.946 bits per heavy atom. The molecule has 10 heteroatoms. The molecule has 2 aromatic heterocycles. The Labute approximate surface area is 217 Å². The van der Waals surface area contributed by atoms with Gasteiger partial charge in [-0.2, -0.15) is 4.98 Å². The summed E-state index contributed by atoms with van der Waals surface area (Å²) in [5, 5.41) is 8.63. The highest BCUT2D eigenvalue weighted by atomic mass is 16.2. The lowest BCUT2D eigenvalue weighted by atomic mass is 10.1. The normalized spacial score (nSPS) is 15.2. The van der Waals surface area contributed by atoms with E-state index in [-0.39, 0.29) is 5.91 Å². The number of aromatic nitrogens is 3. The molecule has 4 heterocycles. The zero-order chi connectivity index (χ0) is 25.9. The SMILES string of the molecule is Cc1ccc(CNC=O)cc1.O=C1CN(c2ccc(Nc3nccc(N4CCCCC4)n3)cn2)CCN1. The number of piperidine rings is 1. The van der Waals surface area contributed by atoms with Crippen LogP contribution in [0.1, 0.15) is 30.4 Å². The minimum atomic E-state index is 0.0307. The van der Waals surface area contributed by atoms with Crippen molar-refractivity contribution in [3.63, 3.8) is 0 Å². The second-order valence-corrected chi connectivity index (χ2v) is 9.07. The van der Waals surface area contributed by atoms with E-state index in [1.165, 1.54) is 24.8 Å². The molecule has 2 aliphatic heterocycles. The predicted molar refractivity (Wildman–Crippen MR) is 145 cm³/mol. The molecule has 10 nitrogen and oxygen atoms in total. The number of nitrogens with zero attached hydrogens (tertiary/aromatic N) is 5. The Bertz CT molecular complexity index is 1150. The Hall–Kier alpha value is -4.21. The number of hydrogen-bond acceptors (Lipinski definition) is 8. The highest BCUT2D eigenvalue weighted by Crippen LogP contribution is 2.21. The van der Waals surface area contributed by atoms with E-state index in [0.29, 0.717) is 32.0 Å². The molecule has 3 N–H and O–H groups in total. The third-order valence-electron chi connectivity index (χ3n) is 6.20. The van der Waals surface area contributed by atoms with E-state index in [4.69, 9.17) is 0 Å². The Morgan fingerprint density at radius 3 is 2.46 bits per heavy atom. The van der Waals surface area contributed by atoms with Crippen LogP contribution >= 0.6 is 0 Å². The van der Waals surface area contributed by atoms with Gasteiger partial charge in [0.25, 0.3) is 0 Å². The summed E-state index contributed by atoms with van der Waals surface area (Å²) >= 11 is 0. The van der Waals surface area contributed by atoms with E-state index in [1.807, 2.05) is 54.3 Å². The first-order valence-electron chi connectivity index (χ1n) is 12.7. The number of rotatable bonds is 7. The molecule has 5 rings (SSSR count). The van der Waals surface area contributed by atoms with Crippen molar-refractivity contribution in [2.45, 2.75) is 32.7 Å². The first-order chi connectivity index (χ1) is 18.1. The molecular weight excluding hydrogens is 468 g/mol. The van der Waals surface area contributed by atoms with E-state index < -0.39 is 0 Å². The van der Waals surface area contributed by atoms with Crippen molar-refractivity contribution in [1.82, 2.24) is 25.6 Å². The molecule has 2 saturated heterocycles. The van der Waals surface area contributed by atoms with Crippen LogP contribution in [-0.4, -0.2) is 60.0 Å². The molecule has 0 spiro atoms. The van der Waals surface area contributed by atoms with E-state index in [9.17, 15) is 9.59 Å². The van der Waals surface area contributed by atoms with E-state index in [1.54, 1.807) is 12.4 Å². The number of hydrogen-bond donors (Lipinski definition) is 3. The number of anilines is 4. The monoisotopic (exact) mass is 502 g/mol. The molecule has 2 aliphatic rings. The Morgan fingerprint density at radius 2 is 1.76 bits per heavy atom. The first-order valence-corrected chi connectivity index (χ1v) is 12.7. The van der Waals surface area contributed by atoms with Gasteiger partial charge in [-0.15, -0.1) is 0 Å². The van der Waals surface area contributed by atoms with Gasteiger partial charge in [-0.1, -0.05) is 29.8 Å². The summed E-state index contributed by atoms with van der Waals surface area (Å²) in [4.78, 5) is 39.1. The lowest BCUT2D eigenvalue weighted by molar-refractivity contribution is -0.120. The summed E-state index contributed by atoms with van der Waals surface area (Å²) < 4.78 is 0. The minimum absolute atomic E-state index is 0.0307. The molecule has 37 heavy (non-hydrogen) atoms. The van der Waals surface area contributed by atoms with Crippen molar-refractivity contribution in [3.05, 3.63) is 66.0 Å². The summed E-state index contributed by atoms with van der Waals surface area (Å²) in [6.07, 6.45) is 7.97. The Balaban J connectivity index is 0.000000245. The second-order valence-electron chi connectivity index (χ2n) is 9.07. The predicted octanol–water partition coefficient (Wildman–Crippen LogP) is 2.78. The van der Waals surface area contributed by atoms with Crippen molar-refractivity contribution in [2.24, 2.45) is 0 Å². The van der Waals surface area contributed by atoms with Gasteiger partial charge in [0.15, 0.2) is 0 Å². The van der Waals surface area contributed by atoms with Gasteiger partial charge < -0.3 is 25.8 Å². The van der Waals surface area contributed by atoms with Gasteiger partial charge in [-0.05, 0) is 49.9 Å². The fourth-order valence-corrected chi connectivity index (χ4v) is 4.18. The first kappa shape index (κ1) is 25.9. The van der Waals surface area contributed by atoms with Crippen LogP contribution in [0.5, 0.6) is 0 Å². The van der Waals surface area contributed by atoms with Crippen LogP contribution in [0.2, 0.25) is 0 Å². The van der Waals surface area contributed by atoms with Crippen molar-refractivity contribution in [3.8, 4) is 0 Å². The summed E-state index contributed by atoms with van der Waals surface area (Å²) in [6, 6.07) is 13.9. The highest BCUT2D eigenvalue weighted by molar-refractivity contribution is 5.82. The minimum Gasteiger partial charge on any atom is -0.356 e. The lowest BCUT2D eigenvalue weighted by Gasteiger charge is -2.28. The molecule has 3 aromatic rings. The zero-order valence-corrected chi connectivity index (χ0v) is 21.2. The van der Waals surface area contributed by atoms with E-state index in [2.05, 4.69) is 35.8 Å². The van der Waals surface area contributed by atoms with Gasteiger partial charge in [0.05, 0.1) is 18.4 Å². The van der Waals surface area contributed by atoms with Crippen molar-refractivity contribution in [2.75, 3.05) is 47.8 Å². The number of carbonyl (C=O) groups is 2.